The van der Waals surface area contributed by atoms with Crippen LogP contribution in [0, 0.1) is 6.92 Å². The maximum absolute atomic E-state index is 10.0. The molecule has 0 aliphatic carbocycles. The molecule has 3 aromatic rings. The van der Waals surface area contributed by atoms with Crippen LogP contribution in [0.4, 0.5) is 0 Å². The van der Waals surface area contributed by atoms with Gasteiger partial charge in [-0.3, -0.25) is 0 Å². The summed E-state index contributed by atoms with van der Waals surface area (Å²) in [5.41, 5.74) is 3.03. The first-order valence-electron chi connectivity index (χ1n) is 7.01. The Morgan fingerprint density at radius 1 is 1.24 bits per heavy atom. The van der Waals surface area contributed by atoms with Crippen molar-refractivity contribution >= 4 is 21.6 Å². The van der Waals surface area contributed by atoms with Gasteiger partial charge >= 0.3 is 0 Å². The summed E-state index contributed by atoms with van der Waals surface area (Å²) in [4.78, 5) is 4.61. The fourth-order valence-electron chi connectivity index (χ4n) is 2.37. The van der Waals surface area contributed by atoms with Crippen LogP contribution in [0.1, 0.15) is 29.1 Å². The summed E-state index contributed by atoms with van der Waals surface area (Å²) in [7, 11) is 0. The number of nitrogens with one attached hydrogen (secondary N) is 1. The van der Waals surface area contributed by atoms with Crippen LogP contribution in [-0.2, 0) is 6.54 Å². The molecule has 4 heteroatoms. The summed E-state index contributed by atoms with van der Waals surface area (Å²) >= 11 is 1.70. The summed E-state index contributed by atoms with van der Waals surface area (Å²) in [6.07, 6.45) is 0. The number of benzene rings is 2. The normalized spacial score (nSPS) is 12.7. The first kappa shape index (κ1) is 14.0. The minimum Gasteiger partial charge on any atom is -0.508 e. The van der Waals surface area contributed by atoms with Gasteiger partial charge in [-0.2, -0.15) is 0 Å². The van der Waals surface area contributed by atoms with E-state index in [0.29, 0.717) is 12.3 Å². The van der Waals surface area contributed by atoms with Crippen molar-refractivity contribution in [3.8, 4) is 5.75 Å². The maximum Gasteiger partial charge on any atom is 0.120 e. The van der Waals surface area contributed by atoms with E-state index >= 15 is 0 Å². The second-order valence-corrected chi connectivity index (χ2v) is 6.36. The molecule has 108 valence electrons. The standard InChI is InChI=1S/C17H18N2OS/c1-11-7-8-13(15(20)9-11)12(2)18-10-17-19-14-5-3-4-6-16(14)21-17/h3-9,12,18,20H,10H2,1-2H3. The van der Waals surface area contributed by atoms with Crippen LogP contribution in [0.5, 0.6) is 5.75 Å². The maximum atomic E-state index is 10.0. The van der Waals surface area contributed by atoms with Crippen molar-refractivity contribution in [2.45, 2.75) is 26.4 Å². The first-order valence-corrected chi connectivity index (χ1v) is 7.82. The number of thiazole rings is 1. The van der Waals surface area contributed by atoms with Gasteiger partial charge in [0.05, 0.1) is 10.2 Å². The van der Waals surface area contributed by atoms with E-state index in [9.17, 15) is 5.11 Å². The highest BCUT2D eigenvalue weighted by Crippen LogP contribution is 2.26. The average Bonchev–Trinajstić information content (AvgIpc) is 2.87. The molecule has 21 heavy (non-hydrogen) atoms. The molecule has 2 N–H and O–H groups in total. The Hall–Kier alpha value is -1.91. The Bertz CT molecular complexity index is 733. The topological polar surface area (TPSA) is 45.2 Å². The first-order chi connectivity index (χ1) is 10.1. The Kier molecular flexibility index (Phi) is 3.90. The third-order valence-electron chi connectivity index (χ3n) is 3.55. The lowest BCUT2D eigenvalue weighted by Gasteiger charge is -2.15. The van der Waals surface area contributed by atoms with Crippen LogP contribution in [0.2, 0.25) is 0 Å². The Labute approximate surface area is 128 Å². The van der Waals surface area contributed by atoms with Crippen molar-refractivity contribution in [1.82, 2.24) is 10.3 Å². The molecular weight excluding hydrogens is 280 g/mol. The number of para-hydroxylation sites is 1. The van der Waals surface area contributed by atoms with Gasteiger partial charge in [0, 0.05) is 18.2 Å². The molecule has 3 rings (SSSR count). The molecule has 0 aliphatic heterocycles. The van der Waals surface area contributed by atoms with Gasteiger partial charge in [0.2, 0.25) is 0 Å². The lowest BCUT2D eigenvalue weighted by Crippen LogP contribution is -2.18. The number of hydrogen-bond donors (Lipinski definition) is 2. The number of phenols is 1. The van der Waals surface area contributed by atoms with E-state index in [4.69, 9.17) is 0 Å². The number of fused-ring (bicyclic) bond motifs is 1. The molecule has 0 saturated heterocycles. The monoisotopic (exact) mass is 298 g/mol. The van der Waals surface area contributed by atoms with Gasteiger partial charge < -0.3 is 10.4 Å². The quantitative estimate of drug-likeness (QED) is 0.760. The molecule has 0 saturated carbocycles. The molecule has 0 fully saturated rings. The summed E-state index contributed by atoms with van der Waals surface area (Å²) < 4.78 is 1.21. The van der Waals surface area contributed by atoms with Gasteiger partial charge in [-0.15, -0.1) is 11.3 Å². The number of rotatable bonds is 4. The van der Waals surface area contributed by atoms with Crippen molar-refractivity contribution in [1.29, 1.82) is 0 Å². The van der Waals surface area contributed by atoms with Gasteiger partial charge in [0.1, 0.15) is 10.8 Å². The largest absolute Gasteiger partial charge is 0.508 e. The number of nitrogens with zero attached hydrogens (tertiary/aromatic N) is 1. The third-order valence-corrected chi connectivity index (χ3v) is 4.59. The van der Waals surface area contributed by atoms with Crippen LogP contribution in [0.3, 0.4) is 0 Å². The second kappa shape index (κ2) is 5.84. The summed E-state index contributed by atoms with van der Waals surface area (Å²) in [5.74, 6) is 0.347. The van der Waals surface area contributed by atoms with E-state index in [1.54, 1.807) is 17.4 Å². The molecule has 2 aromatic carbocycles. The number of aryl methyl sites for hydroxylation is 1. The van der Waals surface area contributed by atoms with Gasteiger partial charge in [0.25, 0.3) is 0 Å². The van der Waals surface area contributed by atoms with Crippen LogP contribution < -0.4 is 5.32 Å². The van der Waals surface area contributed by atoms with E-state index in [1.807, 2.05) is 37.3 Å². The zero-order valence-corrected chi connectivity index (χ0v) is 12.9. The number of aromatic nitrogens is 1. The fraction of sp³-hybridized carbons (Fsp3) is 0.235. The molecule has 0 amide bonds. The van der Waals surface area contributed by atoms with Gasteiger partial charge in [-0.1, -0.05) is 24.3 Å². The van der Waals surface area contributed by atoms with Crippen molar-refractivity contribution in [2.24, 2.45) is 0 Å². The zero-order valence-electron chi connectivity index (χ0n) is 12.1. The zero-order chi connectivity index (χ0) is 14.8. The summed E-state index contributed by atoms with van der Waals surface area (Å²) in [5, 5.41) is 14.5. The fourth-order valence-corrected chi connectivity index (χ4v) is 3.28. The van der Waals surface area contributed by atoms with Crippen molar-refractivity contribution < 1.29 is 5.11 Å². The van der Waals surface area contributed by atoms with E-state index in [1.165, 1.54) is 4.70 Å². The highest BCUT2D eigenvalue weighted by molar-refractivity contribution is 7.18. The molecule has 1 heterocycles. The molecule has 1 unspecified atom stereocenters. The third kappa shape index (κ3) is 3.06. The minimum absolute atomic E-state index is 0.0811. The SMILES string of the molecule is Cc1ccc(C(C)NCc2nc3ccccc3s2)c(O)c1. The van der Waals surface area contributed by atoms with Gasteiger partial charge in [-0.05, 0) is 37.6 Å². The molecular formula is C17H18N2OS. The lowest BCUT2D eigenvalue weighted by molar-refractivity contribution is 0.452. The molecule has 3 nitrogen and oxygen atoms in total. The van der Waals surface area contributed by atoms with Crippen molar-refractivity contribution in [3.05, 3.63) is 58.6 Å². The van der Waals surface area contributed by atoms with E-state index in [-0.39, 0.29) is 6.04 Å². The van der Waals surface area contributed by atoms with Crippen LogP contribution in [-0.4, -0.2) is 10.1 Å². The number of aromatic hydroxyl groups is 1. The molecule has 0 bridgehead atoms. The Morgan fingerprint density at radius 3 is 2.81 bits per heavy atom. The van der Waals surface area contributed by atoms with E-state index in [0.717, 1.165) is 21.7 Å². The highest BCUT2D eigenvalue weighted by atomic mass is 32.1. The van der Waals surface area contributed by atoms with Crippen molar-refractivity contribution in [3.63, 3.8) is 0 Å². The lowest BCUT2D eigenvalue weighted by atomic mass is 10.1. The second-order valence-electron chi connectivity index (χ2n) is 5.24. The van der Waals surface area contributed by atoms with Crippen molar-refractivity contribution in [2.75, 3.05) is 0 Å². The van der Waals surface area contributed by atoms with E-state index < -0.39 is 0 Å². The average molecular weight is 298 g/mol. The molecule has 1 aromatic heterocycles. The smallest absolute Gasteiger partial charge is 0.120 e. The van der Waals surface area contributed by atoms with Gasteiger partial charge in [-0.25, -0.2) is 4.98 Å². The molecule has 0 radical (unpaired) electrons. The van der Waals surface area contributed by atoms with E-state index in [2.05, 4.69) is 23.3 Å². The predicted octanol–water partition coefficient (Wildman–Crippen LogP) is 4.16. The van der Waals surface area contributed by atoms with Crippen LogP contribution in [0.25, 0.3) is 10.2 Å². The number of phenolic OH excluding ortho intramolecular Hbond substituents is 1. The predicted molar refractivity (Wildman–Crippen MR) is 87.7 cm³/mol. The van der Waals surface area contributed by atoms with Gasteiger partial charge in [0.15, 0.2) is 0 Å². The molecule has 0 aliphatic rings. The van der Waals surface area contributed by atoms with Crippen LogP contribution in [0.15, 0.2) is 42.5 Å². The highest BCUT2D eigenvalue weighted by Gasteiger charge is 2.11. The molecule has 0 spiro atoms. The minimum atomic E-state index is 0.0811. The Morgan fingerprint density at radius 2 is 2.05 bits per heavy atom. The number of hydrogen-bond acceptors (Lipinski definition) is 4. The summed E-state index contributed by atoms with van der Waals surface area (Å²) in [6, 6.07) is 14.0. The summed E-state index contributed by atoms with van der Waals surface area (Å²) in [6.45, 7) is 4.73. The van der Waals surface area contributed by atoms with Crippen LogP contribution >= 0.6 is 11.3 Å². The molecule has 1 atom stereocenters. The Balaban J connectivity index is 1.71.